The van der Waals surface area contributed by atoms with Gasteiger partial charge in [-0.1, -0.05) is 18.2 Å². The van der Waals surface area contributed by atoms with Crippen LogP contribution in [0.4, 0.5) is 4.79 Å². The standard InChI is InChI=1S/C13H16N2O3.C4H4O4/c1-14-13(16)15-11-6-4-3-5-10(11)9-12(15)18-8-7-17-2;5-3(6)1-2-4(7)8/h3-6,9H,7-8H2,1-2H3,(H,14,16);1-2H,(H,5,6)(H,7,8)/b;2-1-. The van der Waals surface area contributed by atoms with E-state index in [1.165, 1.54) is 4.57 Å². The summed E-state index contributed by atoms with van der Waals surface area (Å²) in [5.74, 6) is -1.99. The molecule has 0 aliphatic carbocycles. The Kier molecular flexibility index (Phi) is 8.38. The molecule has 1 heterocycles. The van der Waals surface area contributed by atoms with Crippen molar-refractivity contribution in [2.75, 3.05) is 27.4 Å². The number of aliphatic carboxylic acids is 2. The molecule has 1 aromatic carbocycles. The van der Waals surface area contributed by atoms with E-state index in [4.69, 9.17) is 19.7 Å². The van der Waals surface area contributed by atoms with Crippen molar-refractivity contribution in [3.63, 3.8) is 0 Å². The number of hydrogen-bond donors (Lipinski definition) is 3. The summed E-state index contributed by atoms with van der Waals surface area (Å²) in [5.41, 5.74) is 0.823. The molecule has 2 rings (SSSR count). The second kappa shape index (κ2) is 10.5. The number of amides is 1. The smallest absolute Gasteiger partial charge is 0.328 e. The number of aromatic nitrogens is 1. The van der Waals surface area contributed by atoms with Gasteiger partial charge >= 0.3 is 18.0 Å². The summed E-state index contributed by atoms with van der Waals surface area (Å²) in [6.45, 7) is 0.888. The Balaban J connectivity index is 0.000000359. The molecule has 0 spiro atoms. The average molecular weight is 364 g/mol. The minimum atomic E-state index is -1.26. The van der Waals surface area contributed by atoms with Crippen molar-refractivity contribution >= 4 is 28.9 Å². The number of carbonyl (C=O) groups is 3. The number of para-hydroxylation sites is 1. The number of nitrogens with one attached hydrogen (secondary N) is 1. The average Bonchev–Trinajstić information content (AvgIpc) is 2.98. The Labute approximate surface area is 149 Å². The van der Waals surface area contributed by atoms with E-state index in [-0.39, 0.29) is 6.03 Å². The van der Waals surface area contributed by atoms with Crippen molar-refractivity contribution in [3.05, 3.63) is 42.5 Å². The molecule has 0 bridgehead atoms. The lowest BCUT2D eigenvalue weighted by Crippen LogP contribution is -2.25. The molecule has 26 heavy (non-hydrogen) atoms. The van der Waals surface area contributed by atoms with E-state index in [9.17, 15) is 14.4 Å². The summed E-state index contributed by atoms with van der Waals surface area (Å²) in [7, 11) is 3.20. The van der Waals surface area contributed by atoms with Crippen molar-refractivity contribution in [3.8, 4) is 5.88 Å². The van der Waals surface area contributed by atoms with Crippen LogP contribution in [0, 0.1) is 0 Å². The van der Waals surface area contributed by atoms with Crippen LogP contribution in [0.25, 0.3) is 10.9 Å². The van der Waals surface area contributed by atoms with Crippen LogP contribution in [-0.4, -0.2) is 60.1 Å². The Morgan fingerprint density at radius 2 is 1.73 bits per heavy atom. The van der Waals surface area contributed by atoms with Crippen LogP contribution >= 0.6 is 0 Å². The number of methoxy groups -OCH3 is 1. The first-order chi connectivity index (χ1) is 12.4. The number of carboxylic acids is 2. The van der Waals surface area contributed by atoms with Gasteiger partial charge in [0.1, 0.15) is 6.61 Å². The molecule has 9 heteroatoms. The second-order valence-corrected chi connectivity index (χ2v) is 4.78. The number of ether oxygens (including phenoxy) is 2. The molecule has 0 saturated carbocycles. The van der Waals surface area contributed by atoms with Crippen LogP contribution in [0.15, 0.2) is 42.5 Å². The fourth-order valence-corrected chi connectivity index (χ4v) is 1.93. The monoisotopic (exact) mass is 364 g/mol. The normalized spacial score (nSPS) is 10.2. The molecule has 0 saturated heterocycles. The zero-order chi connectivity index (χ0) is 19.5. The summed E-state index contributed by atoms with van der Waals surface area (Å²) in [6, 6.07) is 9.27. The summed E-state index contributed by atoms with van der Waals surface area (Å²) < 4.78 is 12.0. The highest BCUT2D eigenvalue weighted by Gasteiger charge is 2.14. The summed E-state index contributed by atoms with van der Waals surface area (Å²) in [5, 5.41) is 19.2. The van der Waals surface area contributed by atoms with E-state index in [1.54, 1.807) is 14.2 Å². The lowest BCUT2D eigenvalue weighted by molar-refractivity contribution is -0.134. The van der Waals surface area contributed by atoms with Crippen molar-refractivity contribution < 1.29 is 34.1 Å². The predicted molar refractivity (Wildman–Crippen MR) is 93.6 cm³/mol. The van der Waals surface area contributed by atoms with Crippen LogP contribution in [0.5, 0.6) is 5.88 Å². The van der Waals surface area contributed by atoms with Gasteiger partial charge in [0.2, 0.25) is 5.88 Å². The van der Waals surface area contributed by atoms with E-state index in [0.717, 1.165) is 10.9 Å². The third kappa shape index (κ3) is 6.29. The summed E-state index contributed by atoms with van der Waals surface area (Å²) in [4.78, 5) is 31.0. The number of nitrogens with zero attached hydrogens (tertiary/aromatic N) is 1. The first kappa shape index (κ1) is 20.7. The molecule has 1 amide bonds. The minimum absolute atomic E-state index is 0.219. The molecule has 0 unspecified atom stereocenters. The fourth-order valence-electron chi connectivity index (χ4n) is 1.93. The highest BCUT2D eigenvalue weighted by molar-refractivity contribution is 5.94. The van der Waals surface area contributed by atoms with E-state index in [1.807, 2.05) is 30.3 Å². The van der Waals surface area contributed by atoms with Crippen LogP contribution in [-0.2, 0) is 14.3 Å². The fraction of sp³-hybridized carbons (Fsp3) is 0.235. The largest absolute Gasteiger partial charge is 0.478 e. The number of hydrogen-bond acceptors (Lipinski definition) is 5. The van der Waals surface area contributed by atoms with Gasteiger partial charge in [0.25, 0.3) is 0 Å². The van der Waals surface area contributed by atoms with Gasteiger partial charge in [-0.25, -0.2) is 19.0 Å². The molecule has 2 aromatic rings. The number of benzene rings is 1. The van der Waals surface area contributed by atoms with Crippen molar-refractivity contribution in [2.24, 2.45) is 0 Å². The molecule has 0 fully saturated rings. The first-order valence-electron chi connectivity index (χ1n) is 7.49. The number of carbonyl (C=O) groups excluding carboxylic acids is 1. The van der Waals surface area contributed by atoms with E-state index >= 15 is 0 Å². The summed E-state index contributed by atoms with van der Waals surface area (Å²) >= 11 is 0. The second-order valence-electron chi connectivity index (χ2n) is 4.78. The van der Waals surface area contributed by atoms with E-state index in [2.05, 4.69) is 5.32 Å². The third-order valence-electron chi connectivity index (χ3n) is 3.00. The van der Waals surface area contributed by atoms with Crippen LogP contribution in [0.3, 0.4) is 0 Å². The minimum Gasteiger partial charge on any atom is -0.478 e. The maximum Gasteiger partial charge on any atom is 0.328 e. The molecule has 3 N–H and O–H groups in total. The van der Waals surface area contributed by atoms with Crippen molar-refractivity contribution in [1.82, 2.24) is 9.88 Å². The van der Waals surface area contributed by atoms with Gasteiger partial charge in [-0.2, -0.15) is 0 Å². The van der Waals surface area contributed by atoms with Crippen LogP contribution < -0.4 is 10.1 Å². The predicted octanol–water partition coefficient (Wildman–Crippen LogP) is 1.57. The van der Waals surface area contributed by atoms with Gasteiger partial charge in [-0.05, 0) is 6.07 Å². The molecule has 0 atom stereocenters. The SMILES string of the molecule is CNC(=O)n1c(OCCOC)cc2ccccc21.O=C(O)/C=C\C(=O)O. The topological polar surface area (TPSA) is 127 Å². The quantitative estimate of drug-likeness (QED) is 0.524. The number of rotatable bonds is 6. The van der Waals surface area contributed by atoms with Gasteiger partial charge < -0.3 is 25.0 Å². The molecule has 9 nitrogen and oxygen atoms in total. The van der Waals surface area contributed by atoms with Gasteiger partial charge in [-0.3, -0.25) is 0 Å². The van der Waals surface area contributed by atoms with Gasteiger partial charge in [-0.15, -0.1) is 0 Å². The molecular weight excluding hydrogens is 344 g/mol. The Morgan fingerprint density at radius 1 is 1.12 bits per heavy atom. The first-order valence-corrected chi connectivity index (χ1v) is 7.49. The van der Waals surface area contributed by atoms with Gasteiger partial charge in [0, 0.05) is 37.8 Å². The molecule has 1 aromatic heterocycles. The summed E-state index contributed by atoms with van der Waals surface area (Å²) in [6.07, 6.45) is 1.12. The van der Waals surface area contributed by atoms with E-state index < -0.39 is 11.9 Å². The lowest BCUT2D eigenvalue weighted by atomic mass is 10.2. The Bertz CT molecular complexity index is 780. The number of carboxylic acid groups (broad SMARTS) is 2. The van der Waals surface area contributed by atoms with Crippen LogP contribution in [0.2, 0.25) is 0 Å². The van der Waals surface area contributed by atoms with Gasteiger partial charge in [0.05, 0.1) is 12.1 Å². The molecular formula is C17H20N2O7. The zero-order valence-corrected chi connectivity index (χ0v) is 14.3. The molecule has 0 radical (unpaired) electrons. The van der Waals surface area contributed by atoms with Crippen molar-refractivity contribution in [2.45, 2.75) is 0 Å². The highest BCUT2D eigenvalue weighted by Crippen LogP contribution is 2.25. The van der Waals surface area contributed by atoms with Gasteiger partial charge in [0.15, 0.2) is 0 Å². The van der Waals surface area contributed by atoms with Crippen molar-refractivity contribution in [1.29, 1.82) is 0 Å². The Hall–Kier alpha value is -3.33. The third-order valence-corrected chi connectivity index (χ3v) is 3.00. The van der Waals surface area contributed by atoms with E-state index in [0.29, 0.717) is 31.2 Å². The zero-order valence-electron chi connectivity index (χ0n) is 14.3. The highest BCUT2D eigenvalue weighted by atomic mass is 16.5. The molecule has 0 aliphatic heterocycles. The molecule has 0 aliphatic rings. The maximum atomic E-state index is 11.9. The lowest BCUT2D eigenvalue weighted by Gasteiger charge is -2.09. The number of fused-ring (bicyclic) bond motifs is 1. The van der Waals surface area contributed by atoms with Crippen LogP contribution in [0.1, 0.15) is 0 Å². The Morgan fingerprint density at radius 3 is 2.27 bits per heavy atom. The molecule has 140 valence electrons. The maximum absolute atomic E-state index is 11.9.